The van der Waals surface area contributed by atoms with Gasteiger partial charge in [-0.05, 0) is 62.0 Å². The van der Waals surface area contributed by atoms with Crippen LogP contribution in [0.4, 0.5) is 8.78 Å². The van der Waals surface area contributed by atoms with Crippen molar-refractivity contribution in [1.82, 2.24) is 9.80 Å². The Labute approximate surface area is 176 Å². The molecular formula is C23H27ClF2N2O. The molecule has 1 saturated heterocycles. The van der Waals surface area contributed by atoms with Gasteiger partial charge in [-0.25, -0.2) is 8.78 Å². The summed E-state index contributed by atoms with van der Waals surface area (Å²) in [6.45, 7) is 3.69. The molecule has 0 radical (unpaired) electrons. The van der Waals surface area contributed by atoms with Crippen LogP contribution in [0.25, 0.3) is 0 Å². The van der Waals surface area contributed by atoms with E-state index < -0.39 is 11.6 Å². The Morgan fingerprint density at radius 1 is 1.14 bits per heavy atom. The first kappa shape index (κ1) is 21.7. The van der Waals surface area contributed by atoms with Crippen molar-refractivity contribution in [3.05, 3.63) is 70.2 Å². The number of likely N-dealkylation sites (tertiary alicyclic amines) is 1. The third-order valence-electron chi connectivity index (χ3n) is 5.67. The number of hydrogen-bond donors (Lipinski definition) is 0. The van der Waals surface area contributed by atoms with E-state index in [0.29, 0.717) is 12.5 Å². The molecule has 0 aromatic heterocycles. The average Bonchev–Trinajstić information content (AvgIpc) is 2.72. The number of amides is 1. The quantitative estimate of drug-likeness (QED) is 0.654. The van der Waals surface area contributed by atoms with Crippen molar-refractivity contribution < 1.29 is 13.6 Å². The molecule has 6 heteroatoms. The number of benzene rings is 2. The predicted molar refractivity (Wildman–Crippen MR) is 112 cm³/mol. The fraction of sp³-hybridized carbons (Fsp3) is 0.435. The van der Waals surface area contributed by atoms with Gasteiger partial charge in [0, 0.05) is 30.7 Å². The number of carbonyl (C=O) groups is 1. The lowest BCUT2D eigenvalue weighted by atomic mass is 9.95. The van der Waals surface area contributed by atoms with Crippen LogP contribution in [0.5, 0.6) is 0 Å². The van der Waals surface area contributed by atoms with Gasteiger partial charge in [-0.3, -0.25) is 4.79 Å². The molecule has 0 saturated carbocycles. The smallest absolute Gasteiger partial charge is 0.226 e. The zero-order valence-corrected chi connectivity index (χ0v) is 17.5. The summed E-state index contributed by atoms with van der Waals surface area (Å²) >= 11 is 5.93. The normalized spacial score (nSPS) is 15.4. The van der Waals surface area contributed by atoms with Crippen molar-refractivity contribution in [2.24, 2.45) is 5.92 Å². The van der Waals surface area contributed by atoms with E-state index in [2.05, 4.69) is 17.0 Å². The van der Waals surface area contributed by atoms with Crippen LogP contribution < -0.4 is 0 Å². The predicted octanol–water partition coefficient (Wildman–Crippen LogP) is 4.57. The Hall–Kier alpha value is -1.98. The van der Waals surface area contributed by atoms with Crippen LogP contribution in [-0.2, 0) is 17.6 Å². The molecule has 2 aromatic rings. The maximum atomic E-state index is 13.8. The number of hydrogen-bond acceptors (Lipinski definition) is 2. The first-order valence-electron chi connectivity index (χ1n) is 10.1. The summed E-state index contributed by atoms with van der Waals surface area (Å²) in [7, 11) is 1.74. The molecule has 0 aliphatic carbocycles. The minimum absolute atomic E-state index is 0.110. The van der Waals surface area contributed by atoms with E-state index in [4.69, 9.17) is 11.6 Å². The highest BCUT2D eigenvalue weighted by Gasteiger charge is 2.22. The lowest BCUT2D eigenvalue weighted by Crippen LogP contribution is -2.40. The van der Waals surface area contributed by atoms with Crippen LogP contribution >= 0.6 is 11.6 Å². The Balaban J connectivity index is 1.40. The number of carbonyl (C=O) groups excluding carboxylic acids is 1. The summed E-state index contributed by atoms with van der Waals surface area (Å²) < 4.78 is 27.1. The van der Waals surface area contributed by atoms with Crippen molar-refractivity contribution in [2.45, 2.75) is 25.7 Å². The third-order valence-corrected chi connectivity index (χ3v) is 5.92. The van der Waals surface area contributed by atoms with E-state index in [0.717, 1.165) is 50.0 Å². The van der Waals surface area contributed by atoms with Crippen LogP contribution in [0.3, 0.4) is 0 Å². The van der Waals surface area contributed by atoms with Gasteiger partial charge in [-0.2, -0.15) is 0 Å². The number of rotatable bonds is 7. The largest absolute Gasteiger partial charge is 0.345 e. The van der Waals surface area contributed by atoms with E-state index in [1.54, 1.807) is 11.9 Å². The Morgan fingerprint density at radius 3 is 2.52 bits per heavy atom. The van der Waals surface area contributed by atoms with Crippen LogP contribution in [0.1, 0.15) is 24.0 Å². The second kappa shape index (κ2) is 10.2. The van der Waals surface area contributed by atoms with Crippen molar-refractivity contribution in [3.8, 4) is 0 Å². The number of piperidine rings is 1. The molecular weight excluding hydrogens is 394 g/mol. The van der Waals surface area contributed by atoms with Gasteiger partial charge < -0.3 is 9.80 Å². The molecule has 0 N–H and O–H groups in total. The number of halogens is 3. The highest BCUT2D eigenvalue weighted by atomic mass is 35.5. The fourth-order valence-corrected chi connectivity index (χ4v) is 3.93. The lowest BCUT2D eigenvalue weighted by Gasteiger charge is -2.34. The molecule has 0 atom stereocenters. The van der Waals surface area contributed by atoms with Gasteiger partial charge in [0.2, 0.25) is 5.91 Å². The highest BCUT2D eigenvalue weighted by molar-refractivity contribution is 6.30. The SMILES string of the molecule is CN(CC1CCN(CCc2ccc(Cl)cc2)CC1)C(=O)Cc1cccc(F)c1F. The van der Waals surface area contributed by atoms with Gasteiger partial charge in [0.15, 0.2) is 11.6 Å². The monoisotopic (exact) mass is 420 g/mol. The van der Waals surface area contributed by atoms with E-state index in [1.807, 2.05) is 12.1 Å². The van der Waals surface area contributed by atoms with E-state index in [1.165, 1.54) is 17.7 Å². The molecule has 0 spiro atoms. The van der Waals surface area contributed by atoms with Crippen molar-refractivity contribution in [1.29, 1.82) is 0 Å². The Bertz CT molecular complexity index is 820. The van der Waals surface area contributed by atoms with Crippen molar-refractivity contribution in [2.75, 3.05) is 33.2 Å². The lowest BCUT2D eigenvalue weighted by molar-refractivity contribution is -0.130. The number of likely N-dealkylation sites (N-methyl/N-ethyl adjacent to an activating group) is 1. The summed E-state index contributed by atoms with van der Waals surface area (Å²) in [5.74, 6) is -1.58. The molecule has 156 valence electrons. The van der Waals surface area contributed by atoms with Gasteiger partial charge in [0.1, 0.15) is 0 Å². The number of nitrogens with zero attached hydrogens (tertiary/aromatic N) is 2. The van der Waals surface area contributed by atoms with E-state index >= 15 is 0 Å². The third kappa shape index (κ3) is 6.25. The fourth-order valence-electron chi connectivity index (χ4n) is 3.80. The summed E-state index contributed by atoms with van der Waals surface area (Å²) in [6, 6.07) is 11.9. The molecule has 1 aliphatic heterocycles. The molecule has 3 nitrogen and oxygen atoms in total. The standard InChI is InChI=1S/C23H27ClF2N2O/c1-27(22(29)15-19-3-2-4-21(25)23(19)26)16-18-10-13-28(14-11-18)12-9-17-5-7-20(24)8-6-17/h2-8,18H,9-16H2,1H3. The van der Waals surface area contributed by atoms with Crippen LogP contribution in [0, 0.1) is 17.6 Å². The molecule has 0 bridgehead atoms. The van der Waals surface area contributed by atoms with Gasteiger partial charge >= 0.3 is 0 Å². The molecule has 1 fully saturated rings. The molecule has 1 amide bonds. The summed E-state index contributed by atoms with van der Waals surface area (Å²) in [4.78, 5) is 16.5. The minimum Gasteiger partial charge on any atom is -0.345 e. The maximum Gasteiger partial charge on any atom is 0.226 e. The molecule has 1 aliphatic rings. The zero-order valence-electron chi connectivity index (χ0n) is 16.7. The summed E-state index contributed by atoms with van der Waals surface area (Å²) in [6.07, 6.45) is 2.96. The Morgan fingerprint density at radius 2 is 1.83 bits per heavy atom. The summed E-state index contributed by atoms with van der Waals surface area (Å²) in [5, 5.41) is 0.758. The van der Waals surface area contributed by atoms with Gasteiger partial charge in [0.05, 0.1) is 6.42 Å². The second-order valence-electron chi connectivity index (χ2n) is 7.83. The van der Waals surface area contributed by atoms with Crippen molar-refractivity contribution >= 4 is 17.5 Å². The van der Waals surface area contributed by atoms with Gasteiger partial charge in [-0.1, -0.05) is 35.9 Å². The molecule has 29 heavy (non-hydrogen) atoms. The van der Waals surface area contributed by atoms with Crippen LogP contribution in [0.2, 0.25) is 5.02 Å². The first-order chi connectivity index (χ1) is 13.9. The van der Waals surface area contributed by atoms with Crippen LogP contribution in [-0.4, -0.2) is 48.9 Å². The van der Waals surface area contributed by atoms with Crippen molar-refractivity contribution in [3.63, 3.8) is 0 Å². The molecule has 1 heterocycles. The molecule has 3 rings (SSSR count). The highest BCUT2D eigenvalue weighted by Crippen LogP contribution is 2.20. The van der Waals surface area contributed by atoms with E-state index in [9.17, 15) is 13.6 Å². The van der Waals surface area contributed by atoms with Crippen LogP contribution in [0.15, 0.2) is 42.5 Å². The molecule has 0 unspecified atom stereocenters. The maximum absolute atomic E-state index is 13.8. The summed E-state index contributed by atoms with van der Waals surface area (Å²) in [5.41, 5.74) is 1.39. The average molecular weight is 421 g/mol. The Kier molecular flexibility index (Phi) is 7.62. The first-order valence-corrected chi connectivity index (χ1v) is 10.4. The van der Waals surface area contributed by atoms with Gasteiger partial charge in [-0.15, -0.1) is 0 Å². The zero-order chi connectivity index (χ0) is 20.8. The molecule has 2 aromatic carbocycles. The second-order valence-corrected chi connectivity index (χ2v) is 8.26. The topological polar surface area (TPSA) is 23.6 Å². The minimum atomic E-state index is -0.928. The van der Waals surface area contributed by atoms with Gasteiger partial charge in [0.25, 0.3) is 0 Å². The van der Waals surface area contributed by atoms with E-state index in [-0.39, 0.29) is 17.9 Å².